The van der Waals surface area contributed by atoms with Gasteiger partial charge in [-0.05, 0) is 75.5 Å². The number of aryl methyl sites for hydroxylation is 1. The van der Waals surface area contributed by atoms with Crippen molar-refractivity contribution in [1.82, 2.24) is 5.32 Å². The summed E-state index contributed by atoms with van der Waals surface area (Å²) in [5, 5.41) is 3.74. The van der Waals surface area contributed by atoms with E-state index >= 15 is 0 Å². The van der Waals surface area contributed by atoms with Crippen molar-refractivity contribution in [2.75, 3.05) is 20.1 Å². The van der Waals surface area contributed by atoms with Crippen molar-refractivity contribution in [3.63, 3.8) is 0 Å². The van der Waals surface area contributed by atoms with Gasteiger partial charge in [0.2, 0.25) is 0 Å². The van der Waals surface area contributed by atoms with Crippen LogP contribution in [0.4, 0.5) is 4.39 Å². The number of benzene rings is 1. The number of hydrogen-bond acceptors (Lipinski definition) is 3. The zero-order valence-electron chi connectivity index (χ0n) is 17.7. The molecule has 3 nitrogen and oxygen atoms in total. The average molecular weight is 420 g/mol. The first-order chi connectivity index (χ1) is 14.1. The van der Waals surface area contributed by atoms with Crippen molar-refractivity contribution in [1.29, 1.82) is 0 Å². The van der Waals surface area contributed by atoms with E-state index in [2.05, 4.69) is 28.6 Å². The third-order valence-corrected chi connectivity index (χ3v) is 5.15. The van der Waals surface area contributed by atoms with Crippen molar-refractivity contribution in [3.05, 3.63) is 59.0 Å². The molecule has 1 atom stereocenters. The fraction of sp³-hybridized carbons (Fsp3) is 0.500. The van der Waals surface area contributed by atoms with Crippen molar-refractivity contribution < 1.29 is 4.39 Å². The van der Waals surface area contributed by atoms with Gasteiger partial charge in [0.25, 0.3) is 0 Å². The van der Waals surface area contributed by atoms with Crippen LogP contribution in [-0.4, -0.2) is 33.1 Å². The van der Waals surface area contributed by atoms with Crippen molar-refractivity contribution in [3.8, 4) is 0 Å². The first-order valence-electron chi connectivity index (χ1n) is 10.4. The molecule has 0 saturated carbocycles. The summed E-state index contributed by atoms with van der Waals surface area (Å²) in [6, 6.07) is 5.60. The fourth-order valence-electron chi connectivity index (χ4n) is 3.32. The Morgan fingerprint density at radius 1 is 1.24 bits per heavy atom. The smallest absolute Gasteiger partial charge is 0.126 e. The summed E-state index contributed by atoms with van der Waals surface area (Å²) >= 11 is 5.92. The Kier molecular flexibility index (Phi) is 14.0. The van der Waals surface area contributed by atoms with Crippen LogP contribution < -0.4 is 5.32 Å². The van der Waals surface area contributed by atoms with Crippen LogP contribution in [0.2, 0.25) is 0 Å². The Morgan fingerprint density at radius 3 is 2.76 bits per heavy atom. The number of halogens is 2. The van der Waals surface area contributed by atoms with E-state index in [1.54, 1.807) is 18.4 Å². The van der Waals surface area contributed by atoms with E-state index in [-0.39, 0.29) is 5.82 Å². The number of unbranched alkanes of at least 4 members (excludes halogenated alkanes) is 2. The lowest BCUT2D eigenvalue weighted by Crippen LogP contribution is -2.14. The normalized spacial score (nSPS) is 13.0. The van der Waals surface area contributed by atoms with Gasteiger partial charge in [-0.15, -0.1) is 6.58 Å². The molecule has 1 N–H and O–H groups in total. The summed E-state index contributed by atoms with van der Waals surface area (Å²) < 4.78 is 14.0. The van der Waals surface area contributed by atoms with Crippen LogP contribution in [0.15, 0.2) is 52.1 Å². The second kappa shape index (κ2) is 16.1. The maximum absolute atomic E-state index is 14.0. The molecule has 0 aliphatic rings. The van der Waals surface area contributed by atoms with Crippen LogP contribution in [0, 0.1) is 11.7 Å². The van der Waals surface area contributed by atoms with E-state index in [1.807, 2.05) is 19.2 Å². The molecule has 0 aromatic heterocycles. The molecule has 1 aromatic carbocycles. The van der Waals surface area contributed by atoms with E-state index in [9.17, 15) is 4.39 Å². The molecule has 0 heterocycles. The summed E-state index contributed by atoms with van der Waals surface area (Å²) in [5.41, 5.74) is 1.80. The molecule has 0 spiro atoms. The van der Waals surface area contributed by atoms with Gasteiger partial charge in [0, 0.05) is 19.0 Å². The van der Waals surface area contributed by atoms with Gasteiger partial charge in [0.15, 0.2) is 0 Å². The van der Waals surface area contributed by atoms with Crippen LogP contribution >= 0.6 is 11.6 Å². The van der Waals surface area contributed by atoms with Gasteiger partial charge in [0.1, 0.15) is 5.82 Å². The Morgan fingerprint density at radius 2 is 2.07 bits per heavy atom. The highest BCUT2D eigenvalue weighted by atomic mass is 35.5. The second-order valence-corrected chi connectivity index (χ2v) is 7.73. The Bertz CT molecular complexity index is 670. The SMILES string of the molecule is C=CCc1ccc(CCCCCC(CC/N=C\C(Cl)=C/N=C)CCNC)cc1F. The van der Waals surface area contributed by atoms with E-state index in [0.717, 1.165) is 56.3 Å². The van der Waals surface area contributed by atoms with E-state index in [0.29, 0.717) is 17.4 Å². The summed E-state index contributed by atoms with van der Waals surface area (Å²) in [5.74, 6) is 0.532. The number of aliphatic imine (C=N–C) groups is 2. The molecule has 1 unspecified atom stereocenters. The highest BCUT2D eigenvalue weighted by molar-refractivity contribution is 6.39. The van der Waals surface area contributed by atoms with Crippen LogP contribution in [0.3, 0.4) is 0 Å². The lowest BCUT2D eigenvalue weighted by atomic mass is 9.93. The second-order valence-electron chi connectivity index (χ2n) is 7.30. The molecule has 0 fully saturated rings. The Balaban J connectivity index is 2.33. The number of allylic oxidation sites excluding steroid dienone is 2. The molecule has 1 rings (SSSR count). The molecular formula is C24H35ClFN3. The zero-order chi connectivity index (χ0) is 21.3. The lowest BCUT2D eigenvalue weighted by molar-refractivity contribution is 0.401. The third kappa shape index (κ3) is 11.7. The number of hydrogen-bond donors (Lipinski definition) is 1. The van der Waals surface area contributed by atoms with Crippen molar-refractivity contribution >= 4 is 24.5 Å². The van der Waals surface area contributed by atoms with Crippen molar-refractivity contribution in [2.24, 2.45) is 15.9 Å². The molecule has 0 bridgehead atoms. The maximum Gasteiger partial charge on any atom is 0.126 e. The Labute approximate surface area is 180 Å². The highest BCUT2D eigenvalue weighted by Crippen LogP contribution is 2.19. The average Bonchev–Trinajstić information content (AvgIpc) is 2.70. The van der Waals surface area contributed by atoms with Gasteiger partial charge in [-0.2, -0.15) is 0 Å². The van der Waals surface area contributed by atoms with Gasteiger partial charge in [-0.25, -0.2) is 4.39 Å². The van der Waals surface area contributed by atoms with Gasteiger partial charge in [0.05, 0.1) is 5.03 Å². The van der Waals surface area contributed by atoms with Gasteiger partial charge in [-0.3, -0.25) is 9.98 Å². The molecule has 0 aliphatic heterocycles. The molecule has 0 amide bonds. The lowest BCUT2D eigenvalue weighted by Gasteiger charge is -2.15. The molecule has 0 radical (unpaired) electrons. The van der Waals surface area contributed by atoms with Crippen LogP contribution in [0.25, 0.3) is 0 Å². The standard InChI is InChI=1S/C24H35ClFN3/c1-4-8-22-12-11-21(17-24(22)26)10-7-5-6-9-20(13-15-27-2)14-16-29-19-23(25)18-28-3/h4,11-12,17-20,27H,1,3,5-10,13-16H2,2H3/b23-18+,29-19-. The number of rotatable bonds is 16. The topological polar surface area (TPSA) is 36.8 Å². The summed E-state index contributed by atoms with van der Waals surface area (Å²) in [7, 11) is 1.99. The maximum atomic E-state index is 14.0. The van der Waals surface area contributed by atoms with Crippen LogP contribution in [-0.2, 0) is 12.8 Å². The van der Waals surface area contributed by atoms with Gasteiger partial charge >= 0.3 is 0 Å². The fourth-order valence-corrected chi connectivity index (χ4v) is 3.46. The van der Waals surface area contributed by atoms with Gasteiger partial charge in [-0.1, -0.05) is 49.1 Å². The molecule has 1 aromatic rings. The van der Waals surface area contributed by atoms with Crippen molar-refractivity contribution in [2.45, 2.75) is 51.4 Å². The monoisotopic (exact) mass is 419 g/mol. The summed E-state index contributed by atoms with van der Waals surface area (Å²) in [6.07, 6.45) is 13.2. The van der Waals surface area contributed by atoms with E-state index < -0.39 is 0 Å². The number of nitrogens with one attached hydrogen (secondary N) is 1. The minimum atomic E-state index is -0.117. The quantitative estimate of drug-likeness (QED) is 0.195. The first-order valence-corrected chi connectivity index (χ1v) is 10.8. The molecule has 29 heavy (non-hydrogen) atoms. The molecule has 0 aliphatic carbocycles. The van der Waals surface area contributed by atoms with Gasteiger partial charge < -0.3 is 5.32 Å². The molecular weight excluding hydrogens is 385 g/mol. The number of nitrogens with zero attached hydrogens (tertiary/aromatic N) is 2. The largest absolute Gasteiger partial charge is 0.320 e. The molecule has 5 heteroatoms. The predicted octanol–water partition coefficient (Wildman–Crippen LogP) is 6.12. The Hall–Kier alpha value is -1.78. The summed E-state index contributed by atoms with van der Waals surface area (Å²) in [6.45, 7) is 8.83. The highest BCUT2D eigenvalue weighted by Gasteiger charge is 2.08. The molecule has 160 valence electrons. The van der Waals surface area contributed by atoms with E-state index in [4.69, 9.17) is 11.6 Å². The zero-order valence-corrected chi connectivity index (χ0v) is 18.4. The van der Waals surface area contributed by atoms with Crippen LogP contribution in [0.1, 0.15) is 49.7 Å². The minimum absolute atomic E-state index is 0.117. The predicted molar refractivity (Wildman–Crippen MR) is 126 cm³/mol. The van der Waals surface area contributed by atoms with E-state index in [1.165, 1.54) is 19.0 Å². The molecule has 0 saturated heterocycles. The first kappa shape index (κ1) is 25.3. The van der Waals surface area contributed by atoms with Crippen LogP contribution in [0.5, 0.6) is 0 Å². The summed E-state index contributed by atoms with van der Waals surface area (Å²) in [4.78, 5) is 7.99. The minimum Gasteiger partial charge on any atom is -0.320 e. The third-order valence-electron chi connectivity index (χ3n) is 4.96.